The average Bonchev–Trinajstić information content (AvgIpc) is 2.14. The molecule has 1 aromatic rings. The minimum Gasteiger partial charge on any atom is -0.404 e. The highest BCUT2D eigenvalue weighted by Crippen LogP contribution is 2.32. The molecule has 88 valence electrons. The fourth-order valence-electron chi connectivity index (χ4n) is 1.32. The van der Waals surface area contributed by atoms with Gasteiger partial charge in [0.25, 0.3) is 0 Å². The number of hydrogen-bond donors (Lipinski definition) is 0. The van der Waals surface area contributed by atoms with Gasteiger partial charge in [-0.2, -0.15) is 0 Å². The van der Waals surface area contributed by atoms with Crippen molar-refractivity contribution in [2.24, 2.45) is 0 Å². The van der Waals surface area contributed by atoms with Crippen LogP contribution in [-0.2, 0) is 9.22 Å². The molecule has 0 aliphatic rings. The number of halogens is 2. The standard InChI is InChI=1S/C11H14Cl2O2Si/c1-16(2,3)15-10(7-14)11-8(12)5-4-6-9(11)13/h4-7,10H,1-3H3/t10-/m1/s1. The van der Waals surface area contributed by atoms with E-state index >= 15 is 0 Å². The van der Waals surface area contributed by atoms with Crippen molar-refractivity contribution >= 4 is 37.8 Å². The molecule has 1 rings (SSSR count). The van der Waals surface area contributed by atoms with Gasteiger partial charge in [0, 0.05) is 15.6 Å². The lowest BCUT2D eigenvalue weighted by Crippen LogP contribution is -2.28. The third kappa shape index (κ3) is 3.59. The maximum Gasteiger partial charge on any atom is 0.185 e. The fraction of sp³-hybridized carbons (Fsp3) is 0.364. The first-order valence-electron chi connectivity index (χ1n) is 4.92. The minimum absolute atomic E-state index is 0.461. The topological polar surface area (TPSA) is 26.3 Å². The lowest BCUT2D eigenvalue weighted by molar-refractivity contribution is -0.114. The van der Waals surface area contributed by atoms with Crippen molar-refractivity contribution in [3.63, 3.8) is 0 Å². The summed E-state index contributed by atoms with van der Waals surface area (Å²) in [6.45, 7) is 6.02. The monoisotopic (exact) mass is 276 g/mol. The highest BCUT2D eigenvalue weighted by molar-refractivity contribution is 6.69. The molecule has 16 heavy (non-hydrogen) atoms. The summed E-state index contributed by atoms with van der Waals surface area (Å²) >= 11 is 12.0. The maximum absolute atomic E-state index is 11.1. The summed E-state index contributed by atoms with van der Waals surface area (Å²) in [5.74, 6) is 0. The fourth-order valence-corrected chi connectivity index (χ4v) is 2.87. The highest BCUT2D eigenvalue weighted by Gasteiger charge is 2.25. The molecule has 0 fully saturated rings. The van der Waals surface area contributed by atoms with Gasteiger partial charge in [0.1, 0.15) is 6.10 Å². The Hall–Kier alpha value is -0.353. The lowest BCUT2D eigenvalue weighted by atomic mass is 10.1. The lowest BCUT2D eigenvalue weighted by Gasteiger charge is -2.24. The molecule has 5 heteroatoms. The molecule has 0 saturated heterocycles. The Morgan fingerprint density at radius 3 is 2.12 bits per heavy atom. The van der Waals surface area contributed by atoms with E-state index in [-0.39, 0.29) is 0 Å². The normalized spacial score (nSPS) is 13.6. The van der Waals surface area contributed by atoms with Crippen molar-refractivity contribution < 1.29 is 9.22 Å². The zero-order chi connectivity index (χ0) is 12.3. The van der Waals surface area contributed by atoms with Crippen LogP contribution in [-0.4, -0.2) is 14.6 Å². The third-order valence-electron chi connectivity index (χ3n) is 1.89. The molecule has 1 aromatic carbocycles. The molecule has 0 N–H and O–H groups in total. The van der Waals surface area contributed by atoms with E-state index in [1.807, 2.05) is 19.6 Å². The summed E-state index contributed by atoms with van der Waals surface area (Å²) in [5, 5.41) is 0.922. The average molecular weight is 277 g/mol. The van der Waals surface area contributed by atoms with E-state index in [0.29, 0.717) is 15.6 Å². The summed E-state index contributed by atoms with van der Waals surface area (Å²) in [7, 11) is -1.82. The van der Waals surface area contributed by atoms with E-state index in [4.69, 9.17) is 27.6 Å². The van der Waals surface area contributed by atoms with Gasteiger partial charge in [-0.3, -0.25) is 0 Å². The summed E-state index contributed by atoms with van der Waals surface area (Å²) in [6, 6.07) is 5.14. The zero-order valence-corrected chi connectivity index (χ0v) is 12.0. The molecule has 2 nitrogen and oxygen atoms in total. The molecule has 0 spiro atoms. The largest absolute Gasteiger partial charge is 0.404 e. The van der Waals surface area contributed by atoms with E-state index in [9.17, 15) is 4.79 Å². The van der Waals surface area contributed by atoms with Gasteiger partial charge >= 0.3 is 0 Å². The second-order valence-corrected chi connectivity index (χ2v) is 9.70. The molecule has 0 saturated carbocycles. The van der Waals surface area contributed by atoms with Gasteiger partial charge < -0.3 is 9.22 Å². The number of rotatable bonds is 4. The van der Waals surface area contributed by atoms with Crippen LogP contribution >= 0.6 is 23.2 Å². The Bertz CT molecular complexity index is 368. The Morgan fingerprint density at radius 1 is 1.25 bits per heavy atom. The van der Waals surface area contributed by atoms with E-state index < -0.39 is 14.4 Å². The highest BCUT2D eigenvalue weighted by atomic mass is 35.5. The van der Waals surface area contributed by atoms with Crippen molar-refractivity contribution in [1.29, 1.82) is 0 Å². The summed E-state index contributed by atoms with van der Waals surface area (Å²) in [6.07, 6.45) is 0.0681. The van der Waals surface area contributed by atoms with Crippen LogP contribution in [0.2, 0.25) is 29.7 Å². The molecule has 0 bridgehead atoms. The van der Waals surface area contributed by atoms with Crippen LogP contribution in [0.25, 0.3) is 0 Å². The van der Waals surface area contributed by atoms with Crippen LogP contribution in [0.1, 0.15) is 11.7 Å². The second kappa shape index (κ2) is 5.32. The molecule has 0 aliphatic carbocycles. The van der Waals surface area contributed by atoms with Crippen molar-refractivity contribution in [2.75, 3.05) is 0 Å². The molecule has 0 unspecified atom stereocenters. The Kier molecular flexibility index (Phi) is 4.56. The SMILES string of the molecule is C[Si](C)(C)O[C@H](C=O)c1c(Cl)cccc1Cl. The summed E-state index contributed by atoms with van der Waals surface area (Å²) < 4.78 is 5.74. The van der Waals surface area contributed by atoms with E-state index in [1.165, 1.54) is 0 Å². The van der Waals surface area contributed by atoms with Crippen LogP contribution in [0, 0.1) is 0 Å². The van der Waals surface area contributed by atoms with Crippen molar-refractivity contribution in [3.8, 4) is 0 Å². The first-order valence-corrected chi connectivity index (χ1v) is 9.08. The van der Waals surface area contributed by atoms with Gasteiger partial charge in [-0.15, -0.1) is 0 Å². The summed E-state index contributed by atoms with van der Waals surface area (Å²) in [5.41, 5.74) is 0.559. The van der Waals surface area contributed by atoms with E-state index in [0.717, 1.165) is 6.29 Å². The van der Waals surface area contributed by atoms with Gasteiger partial charge in [0.2, 0.25) is 0 Å². The van der Waals surface area contributed by atoms with Crippen molar-refractivity contribution in [2.45, 2.75) is 25.7 Å². The Morgan fingerprint density at radius 2 is 1.75 bits per heavy atom. The molecule has 1 atom stereocenters. The van der Waals surface area contributed by atoms with Crippen LogP contribution < -0.4 is 0 Å². The maximum atomic E-state index is 11.1. The van der Waals surface area contributed by atoms with E-state index in [1.54, 1.807) is 18.2 Å². The van der Waals surface area contributed by atoms with Crippen molar-refractivity contribution in [3.05, 3.63) is 33.8 Å². The third-order valence-corrected chi connectivity index (χ3v) is 3.51. The van der Waals surface area contributed by atoms with Gasteiger partial charge in [-0.1, -0.05) is 29.3 Å². The van der Waals surface area contributed by atoms with Crippen LogP contribution in [0.3, 0.4) is 0 Å². The van der Waals surface area contributed by atoms with Crippen LogP contribution in [0.15, 0.2) is 18.2 Å². The number of benzene rings is 1. The number of aldehydes is 1. The predicted molar refractivity (Wildman–Crippen MR) is 69.7 cm³/mol. The molecule has 0 amide bonds. The number of hydrogen-bond acceptors (Lipinski definition) is 2. The van der Waals surface area contributed by atoms with Gasteiger partial charge in [-0.25, -0.2) is 0 Å². The zero-order valence-electron chi connectivity index (χ0n) is 9.46. The number of carbonyl (C=O) groups is 1. The first kappa shape index (κ1) is 13.7. The van der Waals surface area contributed by atoms with Gasteiger partial charge in [0.05, 0.1) is 0 Å². The number of carbonyl (C=O) groups excluding carboxylic acids is 1. The van der Waals surface area contributed by atoms with Crippen LogP contribution in [0.5, 0.6) is 0 Å². The van der Waals surface area contributed by atoms with Gasteiger partial charge in [0.15, 0.2) is 14.6 Å². The molecule has 0 radical (unpaired) electrons. The smallest absolute Gasteiger partial charge is 0.185 e. The second-order valence-electron chi connectivity index (χ2n) is 4.42. The Labute approximate surface area is 107 Å². The van der Waals surface area contributed by atoms with E-state index in [2.05, 4.69) is 0 Å². The molecule has 0 aliphatic heterocycles. The molecule has 0 heterocycles. The molecular weight excluding hydrogens is 263 g/mol. The predicted octanol–water partition coefficient (Wildman–Crippen LogP) is 4.08. The molecule has 0 aromatic heterocycles. The minimum atomic E-state index is -1.82. The van der Waals surface area contributed by atoms with Gasteiger partial charge in [-0.05, 0) is 31.8 Å². The quantitative estimate of drug-likeness (QED) is 0.612. The van der Waals surface area contributed by atoms with Crippen LogP contribution in [0.4, 0.5) is 0 Å². The molecular formula is C11H14Cl2O2Si. The van der Waals surface area contributed by atoms with Crippen molar-refractivity contribution in [1.82, 2.24) is 0 Å². The first-order chi connectivity index (χ1) is 7.35. The summed E-state index contributed by atoms with van der Waals surface area (Å²) in [4.78, 5) is 11.1. The Balaban J connectivity index is 3.09.